The Balaban J connectivity index is 1.75. The van der Waals surface area contributed by atoms with Crippen molar-refractivity contribution < 1.29 is 4.79 Å². The number of carbonyl (C=O) groups is 1. The molecule has 2 aromatic carbocycles. The number of rotatable bonds is 4. The summed E-state index contributed by atoms with van der Waals surface area (Å²) in [6.07, 6.45) is 2.20. The average molecular weight is 278 g/mol. The van der Waals surface area contributed by atoms with Crippen molar-refractivity contribution in [1.82, 2.24) is 9.55 Å². The van der Waals surface area contributed by atoms with Gasteiger partial charge in [-0.3, -0.25) is 4.79 Å². The smallest absolute Gasteiger partial charge is 0.156 e. The molecule has 3 nitrogen and oxygen atoms in total. The number of hydrogen-bond donors (Lipinski definition) is 0. The summed E-state index contributed by atoms with van der Waals surface area (Å²) >= 11 is 0. The van der Waals surface area contributed by atoms with Crippen molar-refractivity contribution in [2.45, 2.75) is 26.8 Å². The first-order chi connectivity index (χ1) is 10.1. The Hall–Kier alpha value is -2.42. The molecule has 3 rings (SSSR count). The third-order valence-electron chi connectivity index (χ3n) is 3.85. The maximum Gasteiger partial charge on any atom is 0.156 e. The third kappa shape index (κ3) is 2.87. The molecule has 0 amide bonds. The van der Waals surface area contributed by atoms with Crippen LogP contribution in [0.15, 0.2) is 48.8 Å². The maximum atomic E-state index is 12.3. The summed E-state index contributed by atoms with van der Waals surface area (Å²) < 4.78 is 1.92. The molecule has 0 bridgehead atoms. The van der Waals surface area contributed by atoms with Crippen LogP contribution < -0.4 is 0 Å². The van der Waals surface area contributed by atoms with Crippen molar-refractivity contribution in [3.05, 3.63) is 65.5 Å². The number of hydrogen-bond acceptors (Lipinski definition) is 2. The second-order valence-corrected chi connectivity index (χ2v) is 5.50. The first kappa shape index (κ1) is 13.6. The zero-order chi connectivity index (χ0) is 14.8. The van der Waals surface area contributed by atoms with Crippen LogP contribution in [0.25, 0.3) is 11.0 Å². The quantitative estimate of drug-likeness (QED) is 0.732. The number of aromatic nitrogens is 2. The van der Waals surface area contributed by atoms with Gasteiger partial charge >= 0.3 is 0 Å². The topological polar surface area (TPSA) is 34.9 Å². The molecule has 0 fully saturated rings. The minimum Gasteiger partial charge on any atom is -0.323 e. The highest BCUT2D eigenvalue weighted by atomic mass is 16.1. The van der Waals surface area contributed by atoms with E-state index in [1.165, 1.54) is 11.1 Å². The molecule has 0 unspecified atom stereocenters. The number of aryl methyl sites for hydroxylation is 2. The van der Waals surface area contributed by atoms with Crippen molar-refractivity contribution in [3.63, 3.8) is 0 Å². The molecule has 3 heteroatoms. The molecular formula is C18H18N2O. The van der Waals surface area contributed by atoms with Crippen LogP contribution in [0.3, 0.4) is 0 Å². The predicted octanol–water partition coefficient (Wildman–Crippen LogP) is 3.46. The molecule has 0 saturated carbocycles. The Morgan fingerprint density at radius 1 is 1.10 bits per heavy atom. The van der Waals surface area contributed by atoms with Gasteiger partial charge in [0.05, 0.1) is 23.9 Å². The largest absolute Gasteiger partial charge is 0.323 e. The van der Waals surface area contributed by atoms with Gasteiger partial charge in [-0.25, -0.2) is 4.98 Å². The van der Waals surface area contributed by atoms with Crippen LogP contribution in [0.4, 0.5) is 0 Å². The van der Waals surface area contributed by atoms with Crippen molar-refractivity contribution >= 4 is 16.8 Å². The van der Waals surface area contributed by atoms with Crippen LogP contribution >= 0.6 is 0 Å². The number of imidazole rings is 1. The highest BCUT2D eigenvalue weighted by Gasteiger charge is 2.08. The summed E-state index contributed by atoms with van der Waals surface area (Å²) in [5.74, 6) is 0.196. The van der Waals surface area contributed by atoms with Crippen LogP contribution in [0, 0.1) is 13.8 Å². The molecule has 0 aliphatic heterocycles. The lowest BCUT2D eigenvalue weighted by Crippen LogP contribution is -2.12. The highest BCUT2D eigenvalue weighted by Crippen LogP contribution is 2.14. The van der Waals surface area contributed by atoms with E-state index in [2.05, 4.69) is 31.0 Å². The van der Waals surface area contributed by atoms with Crippen LogP contribution in [0.2, 0.25) is 0 Å². The van der Waals surface area contributed by atoms with Crippen LogP contribution in [-0.4, -0.2) is 15.3 Å². The summed E-state index contributed by atoms with van der Waals surface area (Å²) in [7, 11) is 0. The number of benzene rings is 2. The van der Waals surface area contributed by atoms with Gasteiger partial charge < -0.3 is 4.57 Å². The van der Waals surface area contributed by atoms with Gasteiger partial charge in [-0.2, -0.15) is 0 Å². The molecule has 0 aliphatic carbocycles. The lowest BCUT2D eigenvalue weighted by Gasteiger charge is -2.06. The Morgan fingerprint density at radius 3 is 2.71 bits per heavy atom. The highest BCUT2D eigenvalue weighted by molar-refractivity contribution is 5.83. The standard InChI is InChI=1S/C18H18N2O/c1-13-7-8-15(9-14(13)2)10-16(21)11-20-12-19-17-5-3-4-6-18(17)20/h3-9,12H,10-11H2,1-2H3. The summed E-state index contributed by atoms with van der Waals surface area (Å²) in [5, 5.41) is 0. The second-order valence-electron chi connectivity index (χ2n) is 5.50. The lowest BCUT2D eigenvalue weighted by atomic mass is 10.0. The van der Waals surface area contributed by atoms with E-state index in [-0.39, 0.29) is 5.78 Å². The van der Waals surface area contributed by atoms with Gasteiger partial charge in [0.2, 0.25) is 0 Å². The van der Waals surface area contributed by atoms with E-state index in [1.807, 2.05) is 34.9 Å². The summed E-state index contributed by atoms with van der Waals surface area (Å²) in [5.41, 5.74) is 5.50. The number of Topliss-reactive ketones (excluding diaryl/α,β-unsaturated/α-hetero) is 1. The third-order valence-corrected chi connectivity index (χ3v) is 3.85. The predicted molar refractivity (Wildman–Crippen MR) is 84.4 cm³/mol. The summed E-state index contributed by atoms with van der Waals surface area (Å²) in [6, 6.07) is 14.1. The minimum atomic E-state index is 0.196. The van der Waals surface area contributed by atoms with Crippen LogP contribution in [0.1, 0.15) is 16.7 Å². The number of nitrogens with zero attached hydrogens (tertiary/aromatic N) is 2. The van der Waals surface area contributed by atoms with Gasteiger partial charge in [0, 0.05) is 6.42 Å². The van der Waals surface area contributed by atoms with E-state index < -0.39 is 0 Å². The number of para-hydroxylation sites is 2. The van der Waals surface area contributed by atoms with E-state index in [4.69, 9.17) is 0 Å². The molecule has 3 aromatic rings. The molecule has 0 saturated heterocycles. The first-order valence-corrected chi connectivity index (χ1v) is 7.11. The molecular weight excluding hydrogens is 260 g/mol. The number of carbonyl (C=O) groups excluding carboxylic acids is 1. The van der Waals surface area contributed by atoms with Gasteiger partial charge in [-0.1, -0.05) is 30.3 Å². The van der Waals surface area contributed by atoms with E-state index in [1.54, 1.807) is 6.33 Å². The first-order valence-electron chi connectivity index (χ1n) is 7.11. The van der Waals surface area contributed by atoms with Crippen molar-refractivity contribution in [1.29, 1.82) is 0 Å². The van der Waals surface area contributed by atoms with Gasteiger partial charge in [-0.15, -0.1) is 0 Å². The SMILES string of the molecule is Cc1ccc(CC(=O)Cn2cnc3ccccc32)cc1C. The fourth-order valence-corrected chi connectivity index (χ4v) is 2.52. The van der Waals surface area contributed by atoms with Gasteiger partial charge in [0.15, 0.2) is 5.78 Å². The van der Waals surface area contributed by atoms with E-state index >= 15 is 0 Å². The van der Waals surface area contributed by atoms with E-state index in [9.17, 15) is 4.79 Å². The molecule has 0 aliphatic rings. The molecule has 0 N–H and O–H groups in total. The maximum absolute atomic E-state index is 12.3. The Labute approximate surface area is 124 Å². The van der Waals surface area contributed by atoms with Crippen molar-refractivity contribution in [2.24, 2.45) is 0 Å². The normalized spacial score (nSPS) is 11.0. The van der Waals surface area contributed by atoms with E-state index in [0.717, 1.165) is 16.6 Å². The minimum absolute atomic E-state index is 0.196. The molecule has 1 aromatic heterocycles. The van der Waals surface area contributed by atoms with Gasteiger partial charge in [-0.05, 0) is 42.7 Å². The van der Waals surface area contributed by atoms with Crippen LogP contribution in [-0.2, 0) is 17.8 Å². The molecule has 21 heavy (non-hydrogen) atoms. The molecule has 0 atom stereocenters. The fourth-order valence-electron chi connectivity index (χ4n) is 2.52. The Bertz CT molecular complexity index is 802. The van der Waals surface area contributed by atoms with E-state index in [0.29, 0.717) is 13.0 Å². The zero-order valence-electron chi connectivity index (χ0n) is 12.3. The summed E-state index contributed by atoms with van der Waals surface area (Å²) in [6.45, 7) is 4.53. The number of ketones is 1. The van der Waals surface area contributed by atoms with Gasteiger partial charge in [0.25, 0.3) is 0 Å². The number of fused-ring (bicyclic) bond motifs is 1. The van der Waals surface area contributed by atoms with Gasteiger partial charge in [0.1, 0.15) is 0 Å². The molecule has 0 spiro atoms. The molecule has 1 heterocycles. The Kier molecular flexibility index (Phi) is 3.57. The fraction of sp³-hybridized carbons (Fsp3) is 0.222. The molecule has 0 radical (unpaired) electrons. The average Bonchev–Trinajstić information content (AvgIpc) is 2.86. The molecule has 106 valence electrons. The zero-order valence-corrected chi connectivity index (χ0v) is 12.3. The summed E-state index contributed by atoms with van der Waals surface area (Å²) in [4.78, 5) is 16.6. The van der Waals surface area contributed by atoms with Crippen molar-refractivity contribution in [2.75, 3.05) is 0 Å². The second kappa shape index (κ2) is 5.52. The van der Waals surface area contributed by atoms with Crippen LogP contribution in [0.5, 0.6) is 0 Å². The monoisotopic (exact) mass is 278 g/mol. The lowest BCUT2D eigenvalue weighted by molar-refractivity contribution is -0.118. The Morgan fingerprint density at radius 2 is 1.90 bits per heavy atom. The van der Waals surface area contributed by atoms with Crippen molar-refractivity contribution in [3.8, 4) is 0 Å².